The first-order valence-electron chi connectivity index (χ1n) is 12.3. The van der Waals surface area contributed by atoms with Gasteiger partial charge in [0, 0.05) is 29.1 Å². The maximum atomic E-state index is 12.7. The van der Waals surface area contributed by atoms with Gasteiger partial charge in [-0.25, -0.2) is 0 Å². The third-order valence-electron chi connectivity index (χ3n) is 6.37. The Kier molecular flexibility index (Phi) is 7.65. The molecule has 1 atom stereocenters. The Balaban J connectivity index is 1.17. The SMILES string of the molecule is COc1ccc(Cl)cc1NC(=O)COC(=O)[C@H]1CC(=O)N(c2ccc(Oc3cccc4ccccc34)cc2)C1. The van der Waals surface area contributed by atoms with Crippen LogP contribution >= 0.6 is 11.6 Å². The molecule has 1 aliphatic rings. The molecule has 8 nitrogen and oxygen atoms in total. The molecule has 39 heavy (non-hydrogen) atoms. The number of rotatable bonds is 8. The fraction of sp³-hybridized carbons (Fsp3) is 0.167. The topological polar surface area (TPSA) is 94.2 Å². The maximum absolute atomic E-state index is 12.7. The van der Waals surface area contributed by atoms with Crippen LogP contribution in [0.15, 0.2) is 84.9 Å². The van der Waals surface area contributed by atoms with E-state index in [1.165, 1.54) is 18.1 Å². The summed E-state index contributed by atoms with van der Waals surface area (Å²) in [6.07, 6.45) is -0.00315. The van der Waals surface area contributed by atoms with Crippen molar-refractivity contribution in [2.75, 3.05) is 30.5 Å². The average Bonchev–Trinajstić information content (AvgIpc) is 3.34. The zero-order valence-electron chi connectivity index (χ0n) is 21.1. The quantitative estimate of drug-likeness (QED) is 0.281. The molecule has 4 aromatic rings. The van der Waals surface area contributed by atoms with Gasteiger partial charge in [-0.05, 0) is 53.9 Å². The third-order valence-corrected chi connectivity index (χ3v) is 6.60. The van der Waals surface area contributed by atoms with Gasteiger partial charge in [-0.3, -0.25) is 14.4 Å². The van der Waals surface area contributed by atoms with Crippen LogP contribution in [-0.4, -0.2) is 38.0 Å². The highest BCUT2D eigenvalue weighted by molar-refractivity contribution is 6.31. The molecule has 0 saturated carbocycles. The lowest BCUT2D eigenvalue weighted by molar-refractivity contribution is -0.151. The molecule has 0 aromatic heterocycles. The second-order valence-electron chi connectivity index (χ2n) is 8.98. The largest absolute Gasteiger partial charge is 0.495 e. The predicted octanol–water partition coefficient (Wildman–Crippen LogP) is 5.83. The van der Waals surface area contributed by atoms with E-state index in [2.05, 4.69) is 5.32 Å². The van der Waals surface area contributed by atoms with Crippen LogP contribution in [-0.2, 0) is 19.1 Å². The van der Waals surface area contributed by atoms with Crippen molar-refractivity contribution in [3.05, 3.63) is 90.0 Å². The number of ether oxygens (including phenoxy) is 3. The van der Waals surface area contributed by atoms with Gasteiger partial charge in [-0.1, -0.05) is 48.0 Å². The summed E-state index contributed by atoms with van der Waals surface area (Å²) in [6.45, 7) is -0.343. The summed E-state index contributed by atoms with van der Waals surface area (Å²) in [4.78, 5) is 39.1. The summed E-state index contributed by atoms with van der Waals surface area (Å²) < 4.78 is 16.5. The van der Waals surface area contributed by atoms with Gasteiger partial charge < -0.3 is 24.4 Å². The van der Waals surface area contributed by atoms with Crippen molar-refractivity contribution in [1.29, 1.82) is 0 Å². The van der Waals surface area contributed by atoms with Crippen molar-refractivity contribution in [2.24, 2.45) is 5.92 Å². The van der Waals surface area contributed by atoms with Gasteiger partial charge in [0.05, 0.1) is 18.7 Å². The van der Waals surface area contributed by atoms with Gasteiger partial charge in [0.25, 0.3) is 5.91 Å². The minimum absolute atomic E-state index is 0.00315. The van der Waals surface area contributed by atoms with E-state index in [1.54, 1.807) is 36.4 Å². The molecular formula is C30H25ClN2O6. The molecule has 0 bridgehead atoms. The molecule has 0 radical (unpaired) electrons. The van der Waals surface area contributed by atoms with Crippen molar-refractivity contribution in [2.45, 2.75) is 6.42 Å². The van der Waals surface area contributed by atoms with E-state index in [0.717, 1.165) is 16.5 Å². The second kappa shape index (κ2) is 11.4. The molecule has 9 heteroatoms. The minimum Gasteiger partial charge on any atom is -0.495 e. The van der Waals surface area contributed by atoms with E-state index < -0.39 is 24.4 Å². The molecule has 4 aromatic carbocycles. The Morgan fingerprint density at radius 1 is 0.974 bits per heavy atom. The molecule has 1 heterocycles. The predicted molar refractivity (Wildman–Crippen MR) is 149 cm³/mol. The lowest BCUT2D eigenvalue weighted by atomic mass is 10.1. The van der Waals surface area contributed by atoms with E-state index in [4.69, 9.17) is 25.8 Å². The lowest BCUT2D eigenvalue weighted by Crippen LogP contribution is -2.28. The van der Waals surface area contributed by atoms with Crippen LogP contribution in [0.3, 0.4) is 0 Å². The monoisotopic (exact) mass is 544 g/mol. The van der Waals surface area contributed by atoms with Crippen LogP contribution in [0.25, 0.3) is 10.8 Å². The number of esters is 1. The van der Waals surface area contributed by atoms with E-state index in [9.17, 15) is 14.4 Å². The Labute approximate surface area is 230 Å². The average molecular weight is 545 g/mol. The Bertz CT molecular complexity index is 1530. The van der Waals surface area contributed by atoms with Crippen LogP contribution in [0, 0.1) is 5.92 Å². The lowest BCUT2D eigenvalue weighted by Gasteiger charge is -2.17. The number of nitrogens with one attached hydrogen (secondary N) is 1. The maximum Gasteiger partial charge on any atom is 0.311 e. The minimum atomic E-state index is -0.683. The van der Waals surface area contributed by atoms with Gasteiger partial charge in [0.2, 0.25) is 5.91 Å². The number of fused-ring (bicyclic) bond motifs is 1. The van der Waals surface area contributed by atoms with Crippen molar-refractivity contribution < 1.29 is 28.6 Å². The molecule has 1 saturated heterocycles. The van der Waals surface area contributed by atoms with E-state index in [-0.39, 0.29) is 18.9 Å². The van der Waals surface area contributed by atoms with Crippen LogP contribution in [0.1, 0.15) is 6.42 Å². The van der Waals surface area contributed by atoms with Gasteiger partial charge >= 0.3 is 5.97 Å². The first-order valence-corrected chi connectivity index (χ1v) is 12.6. The first-order chi connectivity index (χ1) is 18.9. The molecule has 198 valence electrons. The number of benzene rings is 4. The highest BCUT2D eigenvalue weighted by atomic mass is 35.5. The Hall–Kier alpha value is -4.56. The van der Waals surface area contributed by atoms with Crippen LogP contribution in [0.2, 0.25) is 5.02 Å². The number of hydrogen-bond donors (Lipinski definition) is 1. The second-order valence-corrected chi connectivity index (χ2v) is 9.42. The molecule has 1 fully saturated rings. The number of carbonyl (C=O) groups excluding carboxylic acids is 3. The Morgan fingerprint density at radius 2 is 1.74 bits per heavy atom. The number of halogens is 1. The standard InChI is InChI=1S/C30H25ClN2O6/c1-37-27-14-9-21(31)16-25(27)32-28(34)18-38-30(36)20-15-29(35)33(17-20)22-10-12-23(13-11-22)39-26-8-4-6-19-5-2-3-7-24(19)26/h2-14,16,20H,15,17-18H2,1H3,(H,32,34)/t20-/m0/s1. The van der Waals surface area contributed by atoms with E-state index in [0.29, 0.717) is 27.9 Å². The number of hydrogen-bond acceptors (Lipinski definition) is 6. The van der Waals surface area contributed by atoms with Crippen molar-refractivity contribution in [3.8, 4) is 17.2 Å². The first kappa shape index (κ1) is 26.1. The summed E-state index contributed by atoms with van der Waals surface area (Å²) in [5.74, 6) is -0.268. The summed E-state index contributed by atoms with van der Waals surface area (Å²) >= 11 is 5.98. The van der Waals surface area contributed by atoms with Gasteiger partial charge in [0.15, 0.2) is 6.61 Å². The normalized spacial score (nSPS) is 14.8. The summed E-state index contributed by atoms with van der Waals surface area (Å²) in [6, 6.07) is 25.7. The molecule has 0 spiro atoms. The number of carbonyl (C=O) groups is 3. The number of nitrogens with zero attached hydrogens (tertiary/aromatic N) is 1. The molecule has 5 rings (SSSR count). The van der Waals surface area contributed by atoms with Crippen molar-refractivity contribution in [3.63, 3.8) is 0 Å². The number of amides is 2. The van der Waals surface area contributed by atoms with Gasteiger partial charge in [-0.2, -0.15) is 0 Å². The van der Waals surface area contributed by atoms with Crippen LogP contribution in [0.5, 0.6) is 17.2 Å². The number of anilines is 2. The van der Waals surface area contributed by atoms with Crippen molar-refractivity contribution in [1.82, 2.24) is 0 Å². The molecule has 0 aliphatic carbocycles. The van der Waals surface area contributed by atoms with Crippen LogP contribution in [0.4, 0.5) is 11.4 Å². The highest BCUT2D eigenvalue weighted by Gasteiger charge is 2.36. The highest BCUT2D eigenvalue weighted by Crippen LogP contribution is 2.32. The van der Waals surface area contributed by atoms with E-state index in [1.807, 2.05) is 42.5 Å². The molecule has 1 aliphatic heterocycles. The molecule has 1 N–H and O–H groups in total. The Morgan fingerprint density at radius 3 is 2.54 bits per heavy atom. The number of methoxy groups -OCH3 is 1. The summed E-state index contributed by atoms with van der Waals surface area (Å²) in [5.41, 5.74) is 1.01. The smallest absolute Gasteiger partial charge is 0.311 e. The van der Waals surface area contributed by atoms with Crippen molar-refractivity contribution >= 4 is 51.5 Å². The van der Waals surface area contributed by atoms with Gasteiger partial charge in [0.1, 0.15) is 17.2 Å². The summed E-state index contributed by atoms with van der Waals surface area (Å²) in [7, 11) is 1.47. The van der Waals surface area contributed by atoms with Gasteiger partial charge in [-0.15, -0.1) is 0 Å². The fourth-order valence-electron chi connectivity index (χ4n) is 4.44. The van der Waals surface area contributed by atoms with E-state index >= 15 is 0 Å². The zero-order chi connectivity index (χ0) is 27.4. The molecule has 0 unspecified atom stereocenters. The zero-order valence-corrected chi connectivity index (χ0v) is 21.8. The molecule has 2 amide bonds. The fourth-order valence-corrected chi connectivity index (χ4v) is 4.61. The third kappa shape index (κ3) is 5.97. The summed E-state index contributed by atoms with van der Waals surface area (Å²) in [5, 5.41) is 5.10. The molecular weight excluding hydrogens is 520 g/mol. The van der Waals surface area contributed by atoms with Crippen LogP contribution < -0.4 is 19.7 Å².